The Morgan fingerprint density at radius 3 is 1.67 bits per heavy atom. The highest BCUT2D eigenvalue weighted by atomic mass is 31.2. The lowest BCUT2D eigenvalue weighted by Crippen LogP contribution is -2.29. The van der Waals surface area contributed by atoms with Crippen molar-refractivity contribution in [3.8, 4) is 0 Å². The summed E-state index contributed by atoms with van der Waals surface area (Å²) >= 11 is 0. The molecule has 0 saturated heterocycles. The third kappa shape index (κ3) is 1.18. The molecule has 0 radical (unpaired) electrons. The molecular formula is C10H19OP. The Bertz CT molecular complexity index is 186. The minimum Gasteiger partial charge on any atom is -0.323 e. The van der Waals surface area contributed by atoms with Gasteiger partial charge in [0, 0.05) is 11.3 Å². The molecule has 2 heteroatoms. The van der Waals surface area contributed by atoms with Gasteiger partial charge >= 0.3 is 0 Å². The van der Waals surface area contributed by atoms with E-state index in [-0.39, 0.29) is 0 Å². The monoisotopic (exact) mass is 186 g/mol. The SMILES string of the molecule is CCP(=O)(C1CCC1)C1CCC1. The van der Waals surface area contributed by atoms with Gasteiger partial charge in [0.05, 0.1) is 7.14 Å². The first kappa shape index (κ1) is 8.81. The van der Waals surface area contributed by atoms with Gasteiger partial charge in [0.2, 0.25) is 0 Å². The van der Waals surface area contributed by atoms with E-state index in [0.717, 1.165) is 6.16 Å². The molecule has 0 aromatic rings. The van der Waals surface area contributed by atoms with Crippen molar-refractivity contribution in [1.29, 1.82) is 0 Å². The van der Waals surface area contributed by atoms with Crippen molar-refractivity contribution in [1.82, 2.24) is 0 Å². The van der Waals surface area contributed by atoms with Crippen molar-refractivity contribution in [2.75, 3.05) is 6.16 Å². The molecule has 0 aromatic heterocycles. The van der Waals surface area contributed by atoms with E-state index in [9.17, 15) is 4.57 Å². The summed E-state index contributed by atoms with van der Waals surface area (Å²) in [6, 6.07) is 0. The molecule has 1 nitrogen and oxygen atoms in total. The maximum atomic E-state index is 12.5. The predicted octanol–water partition coefficient (Wildman–Crippen LogP) is 3.47. The highest BCUT2D eigenvalue weighted by Crippen LogP contribution is 2.65. The Morgan fingerprint density at radius 1 is 1.08 bits per heavy atom. The Morgan fingerprint density at radius 2 is 1.50 bits per heavy atom. The fraction of sp³-hybridized carbons (Fsp3) is 1.00. The van der Waals surface area contributed by atoms with Crippen LogP contribution in [0.25, 0.3) is 0 Å². The molecule has 2 aliphatic rings. The molecule has 0 aromatic carbocycles. The van der Waals surface area contributed by atoms with Crippen LogP contribution < -0.4 is 0 Å². The van der Waals surface area contributed by atoms with Gasteiger partial charge in [0.25, 0.3) is 0 Å². The fourth-order valence-corrected chi connectivity index (χ4v) is 6.57. The summed E-state index contributed by atoms with van der Waals surface area (Å²) in [5.74, 6) is 0. The van der Waals surface area contributed by atoms with Crippen LogP contribution >= 0.6 is 7.14 Å². The predicted molar refractivity (Wildman–Crippen MR) is 53.4 cm³/mol. The Hall–Kier alpha value is 0.230. The van der Waals surface area contributed by atoms with E-state index < -0.39 is 7.14 Å². The van der Waals surface area contributed by atoms with E-state index >= 15 is 0 Å². The zero-order valence-corrected chi connectivity index (χ0v) is 8.85. The van der Waals surface area contributed by atoms with Crippen LogP contribution in [0.5, 0.6) is 0 Å². The van der Waals surface area contributed by atoms with Crippen LogP contribution in [0.15, 0.2) is 0 Å². The molecule has 0 spiro atoms. The molecule has 0 amide bonds. The van der Waals surface area contributed by atoms with Crippen LogP contribution in [-0.2, 0) is 4.57 Å². The average molecular weight is 186 g/mol. The molecule has 2 aliphatic carbocycles. The summed E-state index contributed by atoms with van der Waals surface area (Å²) in [5.41, 5.74) is 1.29. The minimum absolute atomic E-state index is 0.646. The molecule has 2 fully saturated rings. The maximum absolute atomic E-state index is 12.5. The van der Waals surface area contributed by atoms with Gasteiger partial charge in [-0.1, -0.05) is 19.8 Å². The lowest BCUT2D eigenvalue weighted by atomic mass is 9.99. The van der Waals surface area contributed by atoms with E-state index in [1.54, 1.807) is 0 Å². The number of rotatable bonds is 3. The third-order valence-corrected chi connectivity index (χ3v) is 8.37. The summed E-state index contributed by atoms with van der Waals surface area (Å²) in [5, 5.41) is 0. The van der Waals surface area contributed by atoms with Crippen molar-refractivity contribution in [3.05, 3.63) is 0 Å². The normalized spacial score (nSPS) is 26.4. The molecule has 0 aliphatic heterocycles. The van der Waals surface area contributed by atoms with Gasteiger partial charge in [-0.25, -0.2) is 0 Å². The van der Waals surface area contributed by atoms with Gasteiger partial charge < -0.3 is 4.57 Å². The third-order valence-electron chi connectivity index (χ3n) is 3.88. The second-order valence-electron chi connectivity index (χ2n) is 4.34. The number of hydrogen-bond donors (Lipinski definition) is 0. The van der Waals surface area contributed by atoms with Crippen LogP contribution in [0.1, 0.15) is 45.4 Å². The minimum atomic E-state index is -1.71. The highest BCUT2D eigenvalue weighted by molar-refractivity contribution is 7.65. The van der Waals surface area contributed by atoms with Crippen LogP contribution in [0, 0.1) is 0 Å². The lowest BCUT2D eigenvalue weighted by Gasteiger charge is -2.42. The molecule has 0 unspecified atom stereocenters. The summed E-state index contributed by atoms with van der Waals surface area (Å²) in [7, 11) is -1.71. The summed E-state index contributed by atoms with van der Waals surface area (Å²) < 4.78 is 12.5. The van der Waals surface area contributed by atoms with Crippen LogP contribution in [0.2, 0.25) is 0 Å². The van der Waals surface area contributed by atoms with Crippen molar-refractivity contribution < 1.29 is 4.57 Å². The largest absolute Gasteiger partial charge is 0.323 e. The summed E-state index contributed by atoms with van der Waals surface area (Å²) in [6.07, 6.45) is 8.71. The van der Waals surface area contributed by atoms with E-state index in [0.29, 0.717) is 11.3 Å². The van der Waals surface area contributed by atoms with Crippen molar-refractivity contribution >= 4 is 7.14 Å². The molecule has 0 bridgehead atoms. The Labute approximate surface area is 75.3 Å². The van der Waals surface area contributed by atoms with Crippen molar-refractivity contribution in [2.24, 2.45) is 0 Å². The van der Waals surface area contributed by atoms with Crippen LogP contribution in [0.3, 0.4) is 0 Å². The fourth-order valence-electron chi connectivity index (χ4n) is 2.46. The van der Waals surface area contributed by atoms with Crippen molar-refractivity contribution in [3.63, 3.8) is 0 Å². The molecular weight excluding hydrogens is 167 g/mol. The first-order valence-electron chi connectivity index (χ1n) is 5.36. The molecule has 0 heterocycles. The molecule has 2 rings (SSSR count). The van der Waals surface area contributed by atoms with Gasteiger partial charge in [-0.05, 0) is 31.8 Å². The second kappa shape index (κ2) is 3.18. The molecule has 0 N–H and O–H groups in total. The van der Waals surface area contributed by atoms with Gasteiger partial charge in [0.15, 0.2) is 0 Å². The average Bonchev–Trinajstić information content (AvgIpc) is 1.79. The van der Waals surface area contributed by atoms with E-state index in [1.165, 1.54) is 38.5 Å². The van der Waals surface area contributed by atoms with Gasteiger partial charge in [-0.3, -0.25) is 0 Å². The van der Waals surface area contributed by atoms with Crippen molar-refractivity contribution in [2.45, 2.75) is 56.8 Å². The lowest BCUT2D eigenvalue weighted by molar-refractivity contribution is 0.430. The van der Waals surface area contributed by atoms with Crippen LogP contribution in [0.4, 0.5) is 0 Å². The van der Waals surface area contributed by atoms with Crippen LogP contribution in [-0.4, -0.2) is 17.5 Å². The van der Waals surface area contributed by atoms with Gasteiger partial charge in [-0.2, -0.15) is 0 Å². The topological polar surface area (TPSA) is 17.1 Å². The van der Waals surface area contributed by atoms with E-state index in [2.05, 4.69) is 6.92 Å². The van der Waals surface area contributed by atoms with E-state index in [1.807, 2.05) is 0 Å². The van der Waals surface area contributed by atoms with Gasteiger partial charge in [0.1, 0.15) is 0 Å². The summed E-state index contributed by atoms with van der Waals surface area (Å²) in [6.45, 7) is 2.14. The Kier molecular flexibility index (Phi) is 2.33. The zero-order chi connectivity index (χ0) is 8.60. The second-order valence-corrected chi connectivity index (χ2v) is 8.14. The molecule has 0 atom stereocenters. The molecule has 70 valence electrons. The van der Waals surface area contributed by atoms with Gasteiger partial charge in [-0.15, -0.1) is 0 Å². The number of hydrogen-bond acceptors (Lipinski definition) is 1. The first-order chi connectivity index (χ1) is 5.77. The standard InChI is InChI=1S/C10H19OP/c1-2-12(11,9-5-3-6-9)10-7-4-8-10/h9-10H,2-8H2,1H3. The smallest absolute Gasteiger partial charge is 0.0933 e. The molecule has 2 saturated carbocycles. The molecule has 12 heavy (non-hydrogen) atoms. The zero-order valence-electron chi connectivity index (χ0n) is 7.96. The Balaban J connectivity index is 2.05. The maximum Gasteiger partial charge on any atom is 0.0933 e. The highest BCUT2D eigenvalue weighted by Gasteiger charge is 2.43. The van der Waals surface area contributed by atoms with E-state index in [4.69, 9.17) is 0 Å². The first-order valence-corrected chi connectivity index (χ1v) is 7.39. The summed E-state index contributed by atoms with van der Waals surface area (Å²) in [4.78, 5) is 0. The quantitative estimate of drug-likeness (QED) is 0.617.